The minimum atomic E-state index is 0.0864. The van der Waals surface area contributed by atoms with Crippen LogP contribution in [0.25, 0.3) is 0 Å². The summed E-state index contributed by atoms with van der Waals surface area (Å²) in [5.41, 5.74) is 0.713. The first kappa shape index (κ1) is 16.7. The molecule has 0 atom stereocenters. The number of benzene rings is 1. The number of carbonyl (C=O) groups excluding carboxylic acids is 1. The van der Waals surface area contributed by atoms with Gasteiger partial charge in [0, 0.05) is 24.7 Å². The summed E-state index contributed by atoms with van der Waals surface area (Å²) >= 11 is 1.56. The second-order valence-electron chi connectivity index (χ2n) is 5.79. The third-order valence-corrected chi connectivity index (χ3v) is 4.82. The Hall–Kier alpha value is -2.15. The number of likely N-dealkylation sites (tertiary alicyclic amines) is 1. The third kappa shape index (κ3) is 4.03. The molecule has 0 bridgehead atoms. The summed E-state index contributed by atoms with van der Waals surface area (Å²) in [4.78, 5) is 14.5. The van der Waals surface area contributed by atoms with Gasteiger partial charge in [-0.15, -0.1) is 10.2 Å². The van der Waals surface area contributed by atoms with E-state index in [-0.39, 0.29) is 5.91 Å². The minimum Gasteiger partial charge on any atom is -0.494 e. The molecule has 0 unspecified atom stereocenters. The summed E-state index contributed by atoms with van der Waals surface area (Å²) in [5.74, 6) is 0.882. The molecule has 1 N–H and O–H groups in total. The largest absolute Gasteiger partial charge is 0.494 e. The molecule has 0 radical (unpaired) electrons. The summed E-state index contributed by atoms with van der Waals surface area (Å²) in [6.45, 7) is 6.02. The van der Waals surface area contributed by atoms with E-state index in [0.29, 0.717) is 18.2 Å². The van der Waals surface area contributed by atoms with Crippen LogP contribution < -0.4 is 10.1 Å². The molecule has 1 aliphatic heterocycles. The van der Waals surface area contributed by atoms with Gasteiger partial charge in [-0.05, 0) is 51.0 Å². The van der Waals surface area contributed by atoms with E-state index in [1.54, 1.807) is 11.3 Å². The quantitative estimate of drug-likeness (QED) is 0.901. The highest BCUT2D eigenvalue weighted by atomic mass is 32.1. The third-order valence-electron chi connectivity index (χ3n) is 4.05. The van der Waals surface area contributed by atoms with Gasteiger partial charge in [0.15, 0.2) is 0 Å². The van der Waals surface area contributed by atoms with Crippen LogP contribution in [-0.4, -0.2) is 46.7 Å². The molecule has 6 nitrogen and oxygen atoms in total. The van der Waals surface area contributed by atoms with Crippen LogP contribution in [0.3, 0.4) is 0 Å². The van der Waals surface area contributed by atoms with E-state index in [0.717, 1.165) is 41.8 Å². The van der Waals surface area contributed by atoms with Gasteiger partial charge in [0.25, 0.3) is 5.91 Å². The van der Waals surface area contributed by atoms with Gasteiger partial charge in [0.1, 0.15) is 10.8 Å². The van der Waals surface area contributed by atoms with Gasteiger partial charge in [0.05, 0.1) is 6.61 Å². The van der Waals surface area contributed by atoms with Gasteiger partial charge >= 0.3 is 0 Å². The Morgan fingerprint density at radius 3 is 2.58 bits per heavy atom. The topological polar surface area (TPSA) is 67.3 Å². The molecule has 1 aliphatic rings. The average molecular weight is 346 g/mol. The van der Waals surface area contributed by atoms with Crippen molar-refractivity contribution in [2.75, 3.05) is 25.0 Å². The molecule has 1 aromatic heterocycles. The highest BCUT2D eigenvalue weighted by molar-refractivity contribution is 7.15. The Morgan fingerprint density at radius 2 is 2.00 bits per heavy atom. The molecule has 0 saturated carbocycles. The lowest BCUT2D eigenvalue weighted by molar-refractivity contribution is 0.0718. The molecular weight excluding hydrogens is 324 g/mol. The second kappa shape index (κ2) is 7.61. The number of rotatable bonds is 5. The standard InChI is InChI=1S/C17H22N4O2S/c1-3-23-15-6-4-13(5-7-15)16(22)21-10-8-14(9-11-21)18-17-20-19-12(2)24-17/h4-7,14H,3,8-11H2,1-2H3,(H,18,20). The number of ether oxygens (including phenoxy) is 1. The zero-order valence-electron chi connectivity index (χ0n) is 14.0. The maximum Gasteiger partial charge on any atom is 0.253 e. The maximum absolute atomic E-state index is 12.6. The van der Waals surface area contributed by atoms with Gasteiger partial charge in [0.2, 0.25) is 5.13 Å². The monoisotopic (exact) mass is 346 g/mol. The van der Waals surface area contributed by atoms with Crippen LogP contribution in [0.2, 0.25) is 0 Å². The smallest absolute Gasteiger partial charge is 0.253 e. The lowest BCUT2D eigenvalue weighted by atomic mass is 10.0. The van der Waals surface area contributed by atoms with Crippen molar-refractivity contribution in [1.82, 2.24) is 15.1 Å². The Balaban J connectivity index is 1.52. The van der Waals surface area contributed by atoms with Gasteiger partial charge < -0.3 is 15.0 Å². The van der Waals surface area contributed by atoms with Crippen LogP contribution in [0, 0.1) is 6.92 Å². The van der Waals surface area contributed by atoms with Crippen molar-refractivity contribution in [2.45, 2.75) is 32.7 Å². The van der Waals surface area contributed by atoms with E-state index in [1.165, 1.54) is 0 Å². The lowest BCUT2D eigenvalue weighted by Crippen LogP contribution is -2.42. The maximum atomic E-state index is 12.6. The van der Waals surface area contributed by atoms with Gasteiger partial charge in [-0.2, -0.15) is 0 Å². The Morgan fingerprint density at radius 1 is 1.29 bits per heavy atom. The fourth-order valence-corrected chi connectivity index (χ4v) is 3.47. The van der Waals surface area contributed by atoms with Crippen molar-refractivity contribution >= 4 is 22.4 Å². The first-order valence-electron chi connectivity index (χ1n) is 8.24. The molecule has 3 rings (SSSR count). The number of hydrogen-bond acceptors (Lipinski definition) is 6. The van der Waals surface area contributed by atoms with Crippen LogP contribution >= 0.6 is 11.3 Å². The van der Waals surface area contributed by atoms with Crippen molar-refractivity contribution in [3.8, 4) is 5.75 Å². The zero-order valence-corrected chi connectivity index (χ0v) is 14.8. The fourth-order valence-electron chi connectivity index (χ4n) is 2.80. The molecule has 1 aromatic carbocycles. The van der Waals surface area contributed by atoms with Crippen molar-refractivity contribution in [3.63, 3.8) is 0 Å². The summed E-state index contributed by atoms with van der Waals surface area (Å²) in [6.07, 6.45) is 1.84. The fraction of sp³-hybridized carbons (Fsp3) is 0.471. The predicted octanol–water partition coefficient (Wildman–Crippen LogP) is 2.96. The van der Waals surface area contributed by atoms with E-state index in [1.807, 2.05) is 43.0 Å². The van der Waals surface area contributed by atoms with Crippen LogP contribution in [0.4, 0.5) is 5.13 Å². The highest BCUT2D eigenvalue weighted by Gasteiger charge is 2.24. The van der Waals surface area contributed by atoms with Crippen LogP contribution in [0.15, 0.2) is 24.3 Å². The van der Waals surface area contributed by atoms with Crippen molar-refractivity contribution < 1.29 is 9.53 Å². The predicted molar refractivity (Wildman–Crippen MR) is 94.8 cm³/mol. The molecule has 0 aliphatic carbocycles. The molecule has 24 heavy (non-hydrogen) atoms. The summed E-state index contributed by atoms with van der Waals surface area (Å²) in [5, 5.41) is 13.4. The number of nitrogens with one attached hydrogen (secondary N) is 1. The summed E-state index contributed by atoms with van der Waals surface area (Å²) < 4.78 is 5.42. The molecular formula is C17H22N4O2S. The number of aromatic nitrogens is 2. The Labute approximate surface area is 145 Å². The van der Waals surface area contributed by atoms with Crippen LogP contribution in [0.1, 0.15) is 35.1 Å². The number of nitrogens with zero attached hydrogens (tertiary/aromatic N) is 3. The van der Waals surface area contributed by atoms with Gasteiger partial charge in [-0.25, -0.2) is 0 Å². The SMILES string of the molecule is CCOc1ccc(C(=O)N2CCC(Nc3nnc(C)s3)CC2)cc1. The van der Waals surface area contributed by atoms with Gasteiger partial charge in [-0.3, -0.25) is 4.79 Å². The number of amides is 1. The molecule has 0 spiro atoms. The molecule has 1 fully saturated rings. The van der Waals surface area contributed by atoms with E-state index in [9.17, 15) is 4.79 Å². The highest BCUT2D eigenvalue weighted by Crippen LogP contribution is 2.21. The molecule has 2 aromatic rings. The van der Waals surface area contributed by atoms with Crippen molar-refractivity contribution in [3.05, 3.63) is 34.8 Å². The number of aryl methyl sites for hydroxylation is 1. The first-order chi connectivity index (χ1) is 11.7. The molecule has 2 heterocycles. The van der Waals surface area contributed by atoms with E-state index < -0.39 is 0 Å². The lowest BCUT2D eigenvalue weighted by Gasteiger charge is -2.32. The van der Waals surface area contributed by atoms with Crippen molar-refractivity contribution in [1.29, 1.82) is 0 Å². The number of piperidine rings is 1. The van der Waals surface area contributed by atoms with E-state index in [4.69, 9.17) is 4.74 Å². The molecule has 128 valence electrons. The van der Waals surface area contributed by atoms with E-state index in [2.05, 4.69) is 15.5 Å². The Kier molecular flexibility index (Phi) is 5.30. The number of carbonyl (C=O) groups is 1. The Bertz CT molecular complexity index is 678. The molecule has 1 saturated heterocycles. The summed E-state index contributed by atoms with van der Waals surface area (Å²) in [6, 6.07) is 7.72. The summed E-state index contributed by atoms with van der Waals surface area (Å²) in [7, 11) is 0. The molecule has 7 heteroatoms. The zero-order chi connectivity index (χ0) is 16.9. The van der Waals surface area contributed by atoms with Crippen LogP contribution in [-0.2, 0) is 0 Å². The average Bonchev–Trinajstić information content (AvgIpc) is 3.01. The number of hydrogen-bond donors (Lipinski definition) is 1. The van der Waals surface area contributed by atoms with Crippen LogP contribution in [0.5, 0.6) is 5.75 Å². The van der Waals surface area contributed by atoms with Crippen molar-refractivity contribution in [2.24, 2.45) is 0 Å². The first-order valence-corrected chi connectivity index (χ1v) is 9.06. The molecule has 1 amide bonds. The normalized spacial score (nSPS) is 15.3. The van der Waals surface area contributed by atoms with Gasteiger partial charge in [-0.1, -0.05) is 11.3 Å². The second-order valence-corrected chi connectivity index (χ2v) is 6.98. The minimum absolute atomic E-state index is 0.0864. The van der Waals surface area contributed by atoms with E-state index >= 15 is 0 Å². The number of anilines is 1.